The number of amides is 1. The van der Waals surface area contributed by atoms with Crippen molar-refractivity contribution in [3.8, 4) is 0 Å². The number of aromatic nitrogens is 2. The van der Waals surface area contributed by atoms with Crippen LogP contribution in [0, 0.1) is 0 Å². The molecule has 0 saturated carbocycles. The van der Waals surface area contributed by atoms with Crippen LogP contribution in [-0.4, -0.2) is 50.8 Å². The van der Waals surface area contributed by atoms with Crippen LogP contribution in [0.2, 0.25) is 0 Å². The quantitative estimate of drug-likeness (QED) is 0.908. The molecule has 0 aromatic carbocycles. The van der Waals surface area contributed by atoms with Crippen molar-refractivity contribution in [3.63, 3.8) is 0 Å². The van der Waals surface area contributed by atoms with E-state index in [0.29, 0.717) is 32.5 Å². The maximum Gasteiger partial charge on any atom is 0.263 e. The summed E-state index contributed by atoms with van der Waals surface area (Å²) in [5.74, 6) is 0.0685. The van der Waals surface area contributed by atoms with Gasteiger partial charge in [0.15, 0.2) is 0 Å². The molecule has 1 N–H and O–H groups in total. The van der Waals surface area contributed by atoms with Crippen LogP contribution in [0.3, 0.4) is 0 Å². The summed E-state index contributed by atoms with van der Waals surface area (Å²) in [7, 11) is 0. The van der Waals surface area contributed by atoms with Gasteiger partial charge in [0.05, 0.1) is 29.5 Å². The summed E-state index contributed by atoms with van der Waals surface area (Å²) in [6.45, 7) is 2.50. The Balaban J connectivity index is 1.36. The van der Waals surface area contributed by atoms with E-state index >= 15 is 0 Å². The maximum absolute atomic E-state index is 12.8. The third-order valence-corrected chi connectivity index (χ3v) is 6.27. The number of carbonyl (C=O) groups is 1. The number of piperidine rings is 1. The Kier molecular flexibility index (Phi) is 4.62. The van der Waals surface area contributed by atoms with E-state index in [4.69, 9.17) is 4.74 Å². The molecule has 2 aromatic heterocycles. The number of imidazole rings is 1. The fourth-order valence-electron chi connectivity index (χ4n) is 3.60. The van der Waals surface area contributed by atoms with Crippen LogP contribution in [0.4, 0.5) is 0 Å². The molecule has 7 heteroatoms. The Morgan fingerprint density at radius 2 is 2.24 bits per heavy atom. The lowest BCUT2D eigenvalue weighted by Crippen LogP contribution is -2.48. The van der Waals surface area contributed by atoms with E-state index in [1.165, 1.54) is 0 Å². The average molecular weight is 361 g/mol. The first kappa shape index (κ1) is 16.8. The first-order valence-corrected chi connectivity index (χ1v) is 9.63. The molecule has 1 amide bonds. The van der Waals surface area contributed by atoms with Gasteiger partial charge in [0.25, 0.3) is 5.91 Å². The Morgan fingerprint density at radius 1 is 1.40 bits per heavy atom. The highest BCUT2D eigenvalue weighted by molar-refractivity contribution is 7.14. The minimum Gasteiger partial charge on any atom is -0.388 e. The summed E-state index contributed by atoms with van der Waals surface area (Å²) in [5.41, 5.74) is -0.768. The number of likely N-dealkylation sites (tertiary alicyclic amines) is 1. The van der Waals surface area contributed by atoms with Crippen LogP contribution < -0.4 is 0 Å². The zero-order valence-corrected chi connectivity index (χ0v) is 15.0. The SMILES string of the molecule is O=C(c1ccc(C2CCCO2)s1)N1CCC(O)(Cn2ccnc2)CC1. The van der Waals surface area contributed by atoms with Gasteiger partial charge in [-0.05, 0) is 37.8 Å². The minimum absolute atomic E-state index is 0.0685. The molecule has 2 aromatic rings. The van der Waals surface area contributed by atoms with Crippen molar-refractivity contribution in [1.29, 1.82) is 0 Å². The number of rotatable bonds is 4. The van der Waals surface area contributed by atoms with E-state index in [1.807, 2.05) is 27.8 Å². The Bertz CT molecular complexity index is 714. The zero-order valence-electron chi connectivity index (χ0n) is 14.1. The zero-order chi connectivity index (χ0) is 17.3. The molecular formula is C18H23N3O3S. The van der Waals surface area contributed by atoms with Crippen LogP contribution in [0.1, 0.15) is 46.3 Å². The van der Waals surface area contributed by atoms with E-state index in [9.17, 15) is 9.90 Å². The van der Waals surface area contributed by atoms with Crippen molar-refractivity contribution >= 4 is 17.2 Å². The molecule has 4 heterocycles. The number of carbonyl (C=O) groups excluding carboxylic acids is 1. The number of ether oxygens (including phenoxy) is 1. The summed E-state index contributed by atoms with van der Waals surface area (Å²) >= 11 is 1.54. The Morgan fingerprint density at radius 3 is 2.92 bits per heavy atom. The van der Waals surface area contributed by atoms with Gasteiger partial charge in [0, 0.05) is 37.0 Å². The van der Waals surface area contributed by atoms with Gasteiger partial charge in [-0.25, -0.2) is 4.98 Å². The normalized spacial score (nSPS) is 23.1. The summed E-state index contributed by atoms with van der Waals surface area (Å²) < 4.78 is 7.59. The van der Waals surface area contributed by atoms with Crippen LogP contribution >= 0.6 is 11.3 Å². The fraction of sp³-hybridized carbons (Fsp3) is 0.556. The van der Waals surface area contributed by atoms with Crippen LogP contribution in [0.25, 0.3) is 0 Å². The molecule has 0 radical (unpaired) electrons. The van der Waals surface area contributed by atoms with Gasteiger partial charge in [-0.15, -0.1) is 11.3 Å². The van der Waals surface area contributed by atoms with Crippen molar-refractivity contribution in [2.75, 3.05) is 19.7 Å². The summed E-state index contributed by atoms with van der Waals surface area (Å²) in [4.78, 5) is 20.5. The summed E-state index contributed by atoms with van der Waals surface area (Å²) in [6.07, 6.45) is 8.74. The highest BCUT2D eigenvalue weighted by Crippen LogP contribution is 2.34. The second kappa shape index (κ2) is 6.90. The van der Waals surface area contributed by atoms with Gasteiger partial charge in [-0.3, -0.25) is 4.79 Å². The molecule has 25 heavy (non-hydrogen) atoms. The topological polar surface area (TPSA) is 67.6 Å². The largest absolute Gasteiger partial charge is 0.388 e. The Hall–Kier alpha value is -1.70. The van der Waals surface area contributed by atoms with Gasteiger partial charge in [0.1, 0.15) is 0 Å². The predicted octanol–water partition coefficient (Wildman–Crippen LogP) is 2.46. The van der Waals surface area contributed by atoms with Gasteiger partial charge in [-0.2, -0.15) is 0 Å². The molecule has 2 aliphatic heterocycles. The van der Waals surface area contributed by atoms with Crippen molar-refractivity contribution in [3.05, 3.63) is 40.6 Å². The molecule has 0 aliphatic carbocycles. The van der Waals surface area contributed by atoms with E-state index in [0.717, 1.165) is 29.2 Å². The smallest absolute Gasteiger partial charge is 0.263 e. The molecular weight excluding hydrogens is 338 g/mol. The third-order valence-electron chi connectivity index (χ3n) is 5.10. The van der Waals surface area contributed by atoms with Gasteiger partial charge in [-0.1, -0.05) is 0 Å². The molecule has 1 unspecified atom stereocenters. The molecule has 4 rings (SSSR count). The number of thiophene rings is 1. The lowest BCUT2D eigenvalue weighted by Gasteiger charge is -2.38. The van der Waals surface area contributed by atoms with E-state index in [2.05, 4.69) is 4.98 Å². The summed E-state index contributed by atoms with van der Waals surface area (Å²) in [6, 6.07) is 3.93. The first-order chi connectivity index (χ1) is 12.1. The lowest BCUT2D eigenvalue weighted by atomic mass is 9.91. The lowest BCUT2D eigenvalue weighted by molar-refractivity contribution is -0.0291. The van der Waals surface area contributed by atoms with Crippen molar-refractivity contribution in [2.45, 2.75) is 43.9 Å². The number of nitrogens with zero attached hydrogens (tertiary/aromatic N) is 3. The predicted molar refractivity (Wildman–Crippen MR) is 94.6 cm³/mol. The molecule has 0 spiro atoms. The second-order valence-corrected chi connectivity index (χ2v) is 8.07. The molecule has 2 fully saturated rings. The van der Waals surface area contributed by atoms with Crippen molar-refractivity contribution < 1.29 is 14.6 Å². The van der Waals surface area contributed by atoms with Gasteiger partial charge >= 0.3 is 0 Å². The van der Waals surface area contributed by atoms with Gasteiger partial charge in [0.2, 0.25) is 0 Å². The highest BCUT2D eigenvalue weighted by atomic mass is 32.1. The van der Waals surface area contributed by atoms with Gasteiger partial charge < -0.3 is 19.3 Å². The fourth-order valence-corrected chi connectivity index (χ4v) is 4.66. The third kappa shape index (κ3) is 3.63. The summed E-state index contributed by atoms with van der Waals surface area (Å²) in [5, 5.41) is 10.8. The van der Waals surface area contributed by atoms with E-state index in [1.54, 1.807) is 23.9 Å². The van der Waals surface area contributed by atoms with Crippen LogP contribution in [0.15, 0.2) is 30.9 Å². The van der Waals surface area contributed by atoms with E-state index < -0.39 is 5.60 Å². The second-order valence-electron chi connectivity index (χ2n) is 6.96. The van der Waals surface area contributed by atoms with Crippen molar-refractivity contribution in [2.24, 2.45) is 0 Å². The molecule has 2 saturated heterocycles. The minimum atomic E-state index is -0.768. The highest BCUT2D eigenvalue weighted by Gasteiger charge is 2.35. The number of hydrogen-bond donors (Lipinski definition) is 1. The van der Waals surface area contributed by atoms with Crippen LogP contribution in [0.5, 0.6) is 0 Å². The maximum atomic E-state index is 12.8. The molecule has 0 bridgehead atoms. The molecule has 1 atom stereocenters. The number of aliphatic hydroxyl groups is 1. The standard InChI is InChI=1S/C18H23N3O3S/c22-17(16-4-3-15(25-16)14-2-1-11-24-14)21-8-5-18(23,6-9-21)12-20-10-7-19-13-20/h3-4,7,10,13-14,23H,1-2,5-6,8-9,11-12H2. The first-order valence-electron chi connectivity index (χ1n) is 8.82. The molecule has 6 nitrogen and oxygen atoms in total. The molecule has 134 valence electrons. The molecule has 2 aliphatic rings. The number of hydrogen-bond acceptors (Lipinski definition) is 5. The monoisotopic (exact) mass is 361 g/mol. The van der Waals surface area contributed by atoms with Crippen LogP contribution in [-0.2, 0) is 11.3 Å². The van der Waals surface area contributed by atoms with Crippen molar-refractivity contribution in [1.82, 2.24) is 14.5 Å². The Labute approximate surface area is 151 Å². The van der Waals surface area contributed by atoms with E-state index in [-0.39, 0.29) is 12.0 Å². The average Bonchev–Trinajstić information content (AvgIpc) is 3.36.